The van der Waals surface area contributed by atoms with Gasteiger partial charge in [-0.1, -0.05) is 0 Å². The molecule has 90 valence electrons. The maximum Gasteiger partial charge on any atom is 0.304 e. The molecule has 15 heavy (non-hydrogen) atoms. The van der Waals surface area contributed by atoms with Crippen molar-refractivity contribution in [2.75, 3.05) is 27.2 Å². The molecular weight excluding hydrogens is 210 g/mol. The predicted octanol–water partition coefficient (Wildman–Crippen LogP) is 1.63. The van der Waals surface area contributed by atoms with Crippen LogP contribution in [0, 0.1) is 0 Å². The van der Waals surface area contributed by atoms with Crippen molar-refractivity contribution in [1.29, 1.82) is 0 Å². The van der Waals surface area contributed by atoms with E-state index in [1.165, 1.54) is 0 Å². The van der Waals surface area contributed by atoms with Crippen LogP contribution in [0.1, 0.15) is 12.8 Å². The van der Waals surface area contributed by atoms with Gasteiger partial charge in [0.05, 0.1) is 6.42 Å². The van der Waals surface area contributed by atoms with E-state index >= 15 is 0 Å². The second-order valence-corrected chi connectivity index (χ2v) is 8.94. The average Bonchev–Trinajstić information content (AvgIpc) is 2.14. The van der Waals surface area contributed by atoms with E-state index in [4.69, 9.17) is 9.53 Å². The normalized spacial score (nSPS) is 12.1. The van der Waals surface area contributed by atoms with Crippen LogP contribution in [0.4, 0.5) is 0 Å². The summed E-state index contributed by atoms with van der Waals surface area (Å²) in [4.78, 5) is 12.4. The molecule has 0 bridgehead atoms. The van der Waals surface area contributed by atoms with Crippen LogP contribution in [0.15, 0.2) is 0 Å². The van der Waals surface area contributed by atoms with Crippen molar-refractivity contribution in [3.05, 3.63) is 0 Å². The number of aliphatic carboxylic acids is 1. The van der Waals surface area contributed by atoms with Gasteiger partial charge in [-0.3, -0.25) is 4.79 Å². The van der Waals surface area contributed by atoms with Crippen LogP contribution >= 0.6 is 0 Å². The minimum Gasteiger partial charge on any atom is -0.481 e. The molecule has 0 aromatic rings. The highest BCUT2D eigenvalue weighted by molar-refractivity contribution is 6.71. The van der Waals surface area contributed by atoms with Crippen LogP contribution in [0.25, 0.3) is 0 Å². The third-order valence-electron chi connectivity index (χ3n) is 2.58. The van der Waals surface area contributed by atoms with Crippen LogP contribution in [-0.4, -0.2) is 51.5 Å². The Morgan fingerprint density at radius 2 is 2.00 bits per heavy atom. The molecule has 1 N–H and O–H groups in total. The molecule has 0 saturated heterocycles. The Morgan fingerprint density at radius 3 is 2.47 bits per heavy atom. The standard InChI is InChI=1S/C10H23NO3Si/c1-11(8-6-10(12)13)7-5-9-15(3,4)14-2/h5-9H2,1-4H3,(H,12,13). The first-order valence-corrected chi connectivity index (χ1v) is 8.44. The zero-order chi connectivity index (χ0) is 11.9. The molecule has 0 aromatic heterocycles. The van der Waals surface area contributed by atoms with Gasteiger partial charge in [-0.05, 0) is 39.2 Å². The van der Waals surface area contributed by atoms with Gasteiger partial charge in [0.1, 0.15) is 0 Å². The molecule has 0 rings (SSSR count). The zero-order valence-corrected chi connectivity index (χ0v) is 11.2. The summed E-state index contributed by atoms with van der Waals surface area (Å²) in [6.45, 7) is 5.98. The summed E-state index contributed by atoms with van der Waals surface area (Å²) >= 11 is 0. The first kappa shape index (κ1) is 14.6. The van der Waals surface area contributed by atoms with E-state index in [0.717, 1.165) is 19.0 Å². The van der Waals surface area contributed by atoms with E-state index in [-0.39, 0.29) is 6.42 Å². The molecule has 0 amide bonds. The van der Waals surface area contributed by atoms with Gasteiger partial charge in [0.2, 0.25) is 0 Å². The molecule has 4 nitrogen and oxygen atoms in total. The number of carbonyl (C=O) groups is 1. The fraction of sp³-hybridized carbons (Fsp3) is 0.900. The van der Waals surface area contributed by atoms with Gasteiger partial charge in [-0.25, -0.2) is 0 Å². The number of hydrogen-bond acceptors (Lipinski definition) is 3. The zero-order valence-electron chi connectivity index (χ0n) is 10.2. The Labute approximate surface area is 93.4 Å². The van der Waals surface area contributed by atoms with Gasteiger partial charge >= 0.3 is 5.97 Å². The highest BCUT2D eigenvalue weighted by Crippen LogP contribution is 2.12. The first-order valence-electron chi connectivity index (χ1n) is 5.33. The van der Waals surface area contributed by atoms with Crippen molar-refractivity contribution in [1.82, 2.24) is 4.90 Å². The highest BCUT2D eigenvalue weighted by atomic mass is 28.4. The van der Waals surface area contributed by atoms with Crippen LogP contribution in [-0.2, 0) is 9.22 Å². The molecule has 0 radical (unpaired) electrons. The predicted molar refractivity (Wildman–Crippen MR) is 63.7 cm³/mol. The Kier molecular flexibility index (Phi) is 6.79. The third-order valence-corrected chi connectivity index (χ3v) is 5.24. The number of carboxylic acid groups (broad SMARTS) is 1. The van der Waals surface area contributed by atoms with Crippen molar-refractivity contribution >= 4 is 14.3 Å². The van der Waals surface area contributed by atoms with E-state index in [0.29, 0.717) is 6.54 Å². The van der Waals surface area contributed by atoms with Crippen molar-refractivity contribution in [3.63, 3.8) is 0 Å². The molecule has 0 fully saturated rings. The largest absolute Gasteiger partial charge is 0.481 e. The quantitative estimate of drug-likeness (QED) is 0.647. The van der Waals surface area contributed by atoms with Crippen molar-refractivity contribution < 1.29 is 14.3 Å². The highest BCUT2D eigenvalue weighted by Gasteiger charge is 2.19. The molecule has 0 aromatic carbocycles. The molecule has 0 spiro atoms. The summed E-state index contributed by atoms with van der Waals surface area (Å²) in [6.07, 6.45) is 1.31. The lowest BCUT2D eigenvalue weighted by Crippen LogP contribution is -2.30. The fourth-order valence-electron chi connectivity index (χ4n) is 1.28. The lowest BCUT2D eigenvalue weighted by molar-refractivity contribution is -0.137. The van der Waals surface area contributed by atoms with Gasteiger partial charge < -0.3 is 14.4 Å². The number of rotatable bonds is 8. The first-order chi connectivity index (χ1) is 6.87. The Hall–Kier alpha value is -0.393. The molecular formula is C10H23NO3Si. The van der Waals surface area contributed by atoms with Gasteiger partial charge in [-0.15, -0.1) is 0 Å². The Morgan fingerprint density at radius 1 is 1.40 bits per heavy atom. The van der Waals surface area contributed by atoms with Crippen LogP contribution in [0.2, 0.25) is 19.1 Å². The maximum absolute atomic E-state index is 10.3. The third kappa shape index (κ3) is 8.59. The fourth-order valence-corrected chi connectivity index (χ4v) is 2.49. The number of carboxylic acids is 1. The van der Waals surface area contributed by atoms with E-state index in [2.05, 4.69) is 18.0 Å². The van der Waals surface area contributed by atoms with E-state index < -0.39 is 14.3 Å². The van der Waals surface area contributed by atoms with E-state index in [1.807, 2.05) is 7.05 Å². The topological polar surface area (TPSA) is 49.8 Å². The van der Waals surface area contributed by atoms with Gasteiger partial charge in [0.15, 0.2) is 8.32 Å². The molecule has 0 aliphatic heterocycles. The van der Waals surface area contributed by atoms with Crippen molar-refractivity contribution in [2.24, 2.45) is 0 Å². The summed E-state index contributed by atoms with van der Waals surface area (Å²) in [7, 11) is 2.31. The lowest BCUT2D eigenvalue weighted by atomic mass is 10.3. The van der Waals surface area contributed by atoms with Crippen LogP contribution < -0.4 is 0 Å². The monoisotopic (exact) mass is 233 g/mol. The van der Waals surface area contributed by atoms with Gasteiger partial charge in [0, 0.05) is 13.7 Å². The van der Waals surface area contributed by atoms with Gasteiger partial charge in [0.25, 0.3) is 0 Å². The molecule has 0 unspecified atom stereocenters. The molecule has 0 aliphatic carbocycles. The molecule has 0 saturated carbocycles. The van der Waals surface area contributed by atoms with Crippen molar-refractivity contribution in [3.8, 4) is 0 Å². The summed E-state index contributed by atoms with van der Waals surface area (Å²) in [5.74, 6) is -0.728. The Bertz CT molecular complexity index is 197. The lowest BCUT2D eigenvalue weighted by Gasteiger charge is -2.22. The maximum atomic E-state index is 10.3. The second-order valence-electron chi connectivity index (χ2n) is 4.51. The van der Waals surface area contributed by atoms with Gasteiger partial charge in [-0.2, -0.15) is 0 Å². The summed E-state index contributed by atoms with van der Waals surface area (Å²) in [5, 5.41) is 8.52. The minimum atomic E-state index is -1.43. The molecule has 0 heterocycles. The molecule has 0 atom stereocenters. The number of hydrogen-bond donors (Lipinski definition) is 1. The van der Waals surface area contributed by atoms with E-state index in [1.54, 1.807) is 7.11 Å². The summed E-state index contributed by atoms with van der Waals surface area (Å²) in [6, 6.07) is 1.13. The molecule has 5 heteroatoms. The smallest absolute Gasteiger partial charge is 0.304 e. The second kappa shape index (κ2) is 6.98. The summed E-state index contributed by atoms with van der Waals surface area (Å²) in [5.41, 5.74) is 0. The van der Waals surface area contributed by atoms with E-state index in [9.17, 15) is 4.79 Å². The number of nitrogens with zero attached hydrogens (tertiary/aromatic N) is 1. The average molecular weight is 233 g/mol. The molecule has 0 aliphatic rings. The van der Waals surface area contributed by atoms with Crippen molar-refractivity contribution in [2.45, 2.75) is 32.0 Å². The SMILES string of the molecule is CO[Si](C)(C)CCCN(C)CCC(=O)O. The Balaban J connectivity index is 3.54. The van der Waals surface area contributed by atoms with Crippen LogP contribution in [0.5, 0.6) is 0 Å². The minimum absolute atomic E-state index is 0.224. The van der Waals surface area contributed by atoms with Crippen LogP contribution in [0.3, 0.4) is 0 Å². The summed E-state index contributed by atoms with van der Waals surface area (Å²) < 4.78 is 5.44.